The Labute approximate surface area is 190 Å². The predicted octanol–water partition coefficient (Wildman–Crippen LogP) is 4.80. The van der Waals surface area contributed by atoms with Gasteiger partial charge in [0, 0.05) is 10.9 Å². The molecule has 7 nitrogen and oxygen atoms in total. The van der Waals surface area contributed by atoms with Crippen LogP contribution in [0.5, 0.6) is 17.2 Å². The number of rotatable bonds is 9. The zero-order valence-electron chi connectivity index (χ0n) is 18.4. The van der Waals surface area contributed by atoms with E-state index in [0.717, 1.165) is 11.1 Å². The lowest BCUT2D eigenvalue weighted by molar-refractivity contribution is -0.115. The molecule has 2 aromatic carbocycles. The van der Waals surface area contributed by atoms with Crippen molar-refractivity contribution in [3.63, 3.8) is 0 Å². The highest BCUT2D eigenvalue weighted by Gasteiger charge is 2.23. The van der Waals surface area contributed by atoms with E-state index < -0.39 is 5.97 Å². The third-order valence-corrected chi connectivity index (χ3v) is 5.63. The second kappa shape index (κ2) is 10.7. The lowest BCUT2D eigenvalue weighted by Crippen LogP contribution is -2.16. The number of methoxy groups -OCH3 is 3. The first-order valence-corrected chi connectivity index (χ1v) is 10.8. The van der Waals surface area contributed by atoms with E-state index in [1.807, 2.05) is 29.6 Å². The first kappa shape index (κ1) is 23.1. The lowest BCUT2D eigenvalue weighted by Gasteiger charge is -2.11. The number of hydrogen-bond donors (Lipinski definition) is 1. The SMILES string of the molecule is CCOC(=O)c1c(-c2ccc(OC)cc2)csc1NC(=O)Cc1ccc(OC)c(OC)c1. The van der Waals surface area contributed by atoms with Crippen molar-refractivity contribution in [3.8, 4) is 28.4 Å². The summed E-state index contributed by atoms with van der Waals surface area (Å²) in [6.45, 7) is 1.97. The maximum atomic E-state index is 12.8. The Morgan fingerprint density at radius 1 is 0.938 bits per heavy atom. The molecule has 1 N–H and O–H groups in total. The van der Waals surface area contributed by atoms with Gasteiger partial charge < -0.3 is 24.3 Å². The Morgan fingerprint density at radius 2 is 1.66 bits per heavy atom. The van der Waals surface area contributed by atoms with Crippen molar-refractivity contribution < 1.29 is 28.5 Å². The molecular weight excluding hydrogens is 430 g/mol. The maximum absolute atomic E-state index is 12.8. The van der Waals surface area contributed by atoms with Crippen LogP contribution in [0, 0.1) is 0 Å². The molecule has 0 spiro atoms. The molecule has 3 aromatic rings. The predicted molar refractivity (Wildman–Crippen MR) is 124 cm³/mol. The summed E-state index contributed by atoms with van der Waals surface area (Å²) in [6, 6.07) is 12.6. The highest BCUT2D eigenvalue weighted by atomic mass is 32.1. The number of benzene rings is 2. The highest BCUT2D eigenvalue weighted by Crippen LogP contribution is 2.37. The van der Waals surface area contributed by atoms with Gasteiger partial charge in [-0.2, -0.15) is 0 Å². The number of esters is 1. The first-order valence-electron chi connectivity index (χ1n) is 9.94. The van der Waals surface area contributed by atoms with Crippen LogP contribution in [0.15, 0.2) is 47.8 Å². The summed E-state index contributed by atoms with van der Waals surface area (Å²) in [6.07, 6.45) is 0.110. The van der Waals surface area contributed by atoms with Gasteiger partial charge in [0.1, 0.15) is 16.3 Å². The van der Waals surface area contributed by atoms with Crippen molar-refractivity contribution in [1.29, 1.82) is 0 Å². The number of anilines is 1. The van der Waals surface area contributed by atoms with Gasteiger partial charge in [0.15, 0.2) is 11.5 Å². The molecular formula is C24H25NO6S. The Kier molecular flexibility index (Phi) is 7.72. The second-order valence-corrected chi connectivity index (χ2v) is 7.60. The average molecular weight is 456 g/mol. The Hall–Kier alpha value is -3.52. The fourth-order valence-electron chi connectivity index (χ4n) is 3.19. The summed E-state index contributed by atoms with van der Waals surface area (Å²) in [5.41, 5.74) is 2.61. The van der Waals surface area contributed by atoms with Crippen LogP contribution in [0.2, 0.25) is 0 Å². The van der Waals surface area contributed by atoms with Gasteiger partial charge in [0.05, 0.1) is 34.4 Å². The second-order valence-electron chi connectivity index (χ2n) is 6.72. The monoisotopic (exact) mass is 455 g/mol. The van der Waals surface area contributed by atoms with Crippen molar-refractivity contribution in [3.05, 3.63) is 59.0 Å². The molecule has 0 atom stereocenters. The van der Waals surface area contributed by atoms with Gasteiger partial charge in [-0.25, -0.2) is 4.79 Å². The summed E-state index contributed by atoms with van der Waals surface area (Å²) in [5, 5.41) is 5.14. The van der Waals surface area contributed by atoms with Gasteiger partial charge in [-0.05, 0) is 42.3 Å². The molecule has 1 aromatic heterocycles. The molecule has 0 fully saturated rings. The zero-order valence-corrected chi connectivity index (χ0v) is 19.2. The van der Waals surface area contributed by atoms with Crippen LogP contribution >= 0.6 is 11.3 Å². The van der Waals surface area contributed by atoms with Gasteiger partial charge in [-0.3, -0.25) is 4.79 Å². The number of ether oxygens (including phenoxy) is 4. The molecule has 0 saturated carbocycles. The standard InChI is InChI=1S/C24H25NO6S/c1-5-31-24(27)22-18(16-7-9-17(28-2)10-8-16)14-32-23(22)25-21(26)13-15-6-11-19(29-3)20(12-15)30-4/h6-12,14H,5,13H2,1-4H3,(H,25,26). The van der Waals surface area contributed by atoms with Gasteiger partial charge in [-0.15, -0.1) is 11.3 Å². The summed E-state index contributed by atoms with van der Waals surface area (Å²) in [4.78, 5) is 25.5. The minimum absolute atomic E-state index is 0.110. The van der Waals surface area contributed by atoms with E-state index in [-0.39, 0.29) is 18.9 Å². The van der Waals surface area contributed by atoms with E-state index in [4.69, 9.17) is 18.9 Å². The van der Waals surface area contributed by atoms with E-state index >= 15 is 0 Å². The molecule has 8 heteroatoms. The van der Waals surface area contributed by atoms with Crippen LogP contribution in [0.4, 0.5) is 5.00 Å². The van der Waals surface area contributed by atoms with Crippen LogP contribution in [-0.2, 0) is 16.0 Å². The summed E-state index contributed by atoms with van der Waals surface area (Å²) in [5.74, 6) is 1.10. The molecule has 0 saturated heterocycles. The van der Waals surface area contributed by atoms with E-state index in [0.29, 0.717) is 33.4 Å². The van der Waals surface area contributed by atoms with Gasteiger partial charge in [0.25, 0.3) is 0 Å². The molecule has 3 rings (SSSR count). The van der Waals surface area contributed by atoms with E-state index in [9.17, 15) is 9.59 Å². The number of amides is 1. The van der Waals surface area contributed by atoms with Gasteiger partial charge in [0.2, 0.25) is 5.91 Å². The molecule has 0 aliphatic rings. The fraction of sp³-hybridized carbons (Fsp3) is 0.250. The largest absolute Gasteiger partial charge is 0.497 e. The van der Waals surface area contributed by atoms with Crippen molar-refractivity contribution in [2.45, 2.75) is 13.3 Å². The van der Waals surface area contributed by atoms with E-state index in [1.54, 1.807) is 46.5 Å². The molecule has 0 bridgehead atoms. The molecule has 0 radical (unpaired) electrons. The van der Waals surface area contributed by atoms with Crippen LogP contribution in [0.3, 0.4) is 0 Å². The highest BCUT2D eigenvalue weighted by molar-refractivity contribution is 7.15. The third-order valence-electron chi connectivity index (χ3n) is 4.74. The number of carbonyl (C=O) groups is 2. The molecule has 168 valence electrons. The Bertz CT molecular complexity index is 1090. The fourth-order valence-corrected chi connectivity index (χ4v) is 4.16. The molecule has 0 aliphatic carbocycles. The number of hydrogen-bond acceptors (Lipinski definition) is 7. The summed E-state index contributed by atoms with van der Waals surface area (Å²) in [7, 11) is 4.69. The Morgan fingerprint density at radius 3 is 2.28 bits per heavy atom. The summed E-state index contributed by atoms with van der Waals surface area (Å²) >= 11 is 1.28. The van der Waals surface area contributed by atoms with Crippen LogP contribution in [0.1, 0.15) is 22.8 Å². The average Bonchev–Trinajstić information content (AvgIpc) is 3.22. The number of nitrogens with one attached hydrogen (secondary N) is 1. The maximum Gasteiger partial charge on any atom is 0.341 e. The van der Waals surface area contributed by atoms with E-state index in [2.05, 4.69) is 5.32 Å². The minimum atomic E-state index is -0.485. The normalized spacial score (nSPS) is 10.4. The summed E-state index contributed by atoms with van der Waals surface area (Å²) < 4.78 is 21.0. The van der Waals surface area contributed by atoms with Crippen molar-refractivity contribution in [1.82, 2.24) is 0 Å². The lowest BCUT2D eigenvalue weighted by atomic mass is 10.0. The number of thiophene rings is 1. The third kappa shape index (κ3) is 5.20. The molecule has 0 aliphatic heterocycles. The topological polar surface area (TPSA) is 83.1 Å². The zero-order chi connectivity index (χ0) is 23.1. The minimum Gasteiger partial charge on any atom is -0.497 e. The van der Waals surface area contributed by atoms with Gasteiger partial charge >= 0.3 is 5.97 Å². The van der Waals surface area contributed by atoms with Crippen molar-refractivity contribution in [2.75, 3.05) is 33.3 Å². The molecule has 1 heterocycles. The van der Waals surface area contributed by atoms with Crippen LogP contribution in [0.25, 0.3) is 11.1 Å². The smallest absolute Gasteiger partial charge is 0.341 e. The van der Waals surface area contributed by atoms with Crippen molar-refractivity contribution in [2.24, 2.45) is 0 Å². The van der Waals surface area contributed by atoms with E-state index in [1.165, 1.54) is 11.3 Å². The quantitative estimate of drug-likeness (QED) is 0.467. The molecule has 1 amide bonds. The van der Waals surface area contributed by atoms with Crippen molar-refractivity contribution >= 4 is 28.2 Å². The molecule has 32 heavy (non-hydrogen) atoms. The van der Waals surface area contributed by atoms with Gasteiger partial charge in [-0.1, -0.05) is 18.2 Å². The van der Waals surface area contributed by atoms with Crippen LogP contribution < -0.4 is 19.5 Å². The number of carbonyl (C=O) groups excluding carboxylic acids is 2. The Balaban J connectivity index is 1.86. The first-order chi connectivity index (χ1) is 15.5. The van der Waals surface area contributed by atoms with Crippen LogP contribution in [-0.4, -0.2) is 39.8 Å². The molecule has 0 unspecified atom stereocenters.